The average Bonchev–Trinajstić information content (AvgIpc) is 2.77. The fraction of sp³-hybridized carbons (Fsp3) is 0.667. The van der Waals surface area contributed by atoms with Crippen LogP contribution in [0.3, 0.4) is 0 Å². The van der Waals surface area contributed by atoms with Gasteiger partial charge in [0.15, 0.2) is 0 Å². The quantitative estimate of drug-likeness (QED) is 0.829. The van der Waals surface area contributed by atoms with Gasteiger partial charge in [0.05, 0.1) is 11.7 Å². The van der Waals surface area contributed by atoms with Crippen LogP contribution in [0.4, 0.5) is 0 Å². The molecule has 3 heteroatoms. The summed E-state index contributed by atoms with van der Waals surface area (Å²) < 4.78 is 12.0. The van der Waals surface area contributed by atoms with Gasteiger partial charge in [-0.25, -0.2) is 0 Å². The molecule has 1 aliphatic rings. The summed E-state index contributed by atoms with van der Waals surface area (Å²) in [5.74, 6) is 1.63. The zero-order chi connectivity index (χ0) is 15.3. The van der Waals surface area contributed by atoms with Gasteiger partial charge in [-0.1, -0.05) is 32.0 Å². The normalized spacial score (nSPS) is 20.9. The minimum absolute atomic E-state index is 0.00631. The van der Waals surface area contributed by atoms with E-state index in [0.29, 0.717) is 12.5 Å². The molecule has 0 aromatic heterocycles. The van der Waals surface area contributed by atoms with Crippen LogP contribution in [0.5, 0.6) is 5.75 Å². The van der Waals surface area contributed by atoms with Crippen molar-refractivity contribution in [2.24, 2.45) is 5.92 Å². The lowest BCUT2D eigenvalue weighted by molar-refractivity contribution is -0.0327. The van der Waals surface area contributed by atoms with Crippen LogP contribution in [0.2, 0.25) is 0 Å². The molecule has 0 aliphatic carbocycles. The lowest BCUT2D eigenvalue weighted by atomic mass is 10.1. The van der Waals surface area contributed by atoms with Crippen LogP contribution in [0, 0.1) is 5.92 Å². The molecule has 2 rings (SSSR count). The predicted octanol–water partition coefficient (Wildman–Crippen LogP) is 3.77. The maximum Gasteiger partial charge on any atom is 0.123 e. The van der Waals surface area contributed by atoms with E-state index in [1.165, 1.54) is 5.56 Å². The van der Waals surface area contributed by atoms with Crippen molar-refractivity contribution >= 4 is 0 Å². The lowest BCUT2D eigenvalue weighted by Gasteiger charge is -2.20. The van der Waals surface area contributed by atoms with Crippen molar-refractivity contribution in [3.05, 3.63) is 29.8 Å². The van der Waals surface area contributed by atoms with Crippen LogP contribution in [-0.4, -0.2) is 24.9 Å². The van der Waals surface area contributed by atoms with Crippen LogP contribution in [-0.2, 0) is 11.3 Å². The molecule has 0 bridgehead atoms. The molecule has 0 spiro atoms. The highest BCUT2D eigenvalue weighted by Gasteiger charge is 2.31. The molecule has 1 aliphatic heterocycles. The molecule has 3 nitrogen and oxygen atoms in total. The first kappa shape index (κ1) is 16.3. The Morgan fingerprint density at radius 1 is 1.33 bits per heavy atom. The van der Waals surface area contributed by atoms with Crippen molar-refractivity contribution in [1.82, 2.24) is 5.32 Å². The smallest absolute Gasteiger partial charge is 0.123 e. The van der Waals surface area contributed by atoms with Crippen LogP contribution in [0.25, 0.3) is 0 Å². The topological polar surface area (TPSA) is 30.5 Å². The van der Waals surface area contributed by atoms with E-state index in [1.807, 2.05) is 12.1 Å². The van der Waals surface area contributed by atoms with Crippen molar-refractivity contribution in [2.75, 3.05) is 13.2 Å². The highest BCUT2D eigenvalue weighted by atomic mass is 16.6. The van der Waals surface area contributed by atoms with Gasteiger partial charge in [0.25, 0.3) is 0 Å². The van der Waals surface area contributed by atoms with Gasteiger partial charge in [0.2, 0.25) is 0 Å². The zero-order valence-corrected chi connectivity index (χ0v) is 13.8. The predicted molar refractivity (Wildman–Crippen MR) is 86.7 cm³/mol. The van der Waals surface area contributed by atoms with Crippen LogP contribution < -0.4 is 10.1 Å². The fourth-order valence-corrected chi connectivity index (χ4v) is 2.66. The van der Waals surface area contributed by atoms with E-state index in [0.717, 1.165) is 31.7 Å². The Bertz CT molecular complexity index is 443. The lowest BCUT2D eigenvalue weighted by Crippen LogP contribution is -2.24. The van der Waals surface area contributed by atoms with Gasteiger partial charge in [-0.15, -0.1) is 0 Å². The average molecular weight is 291 g/mol. The molecule has 0 amide bonds. The molecule has 1 aromatic carbocycles. The van der Waals surface area contributed by atoms with Crippen LogP contribution in [0.15, 0.2) is 24.3 Å². The van der Waals surface area contributed by atoms with Gasteiger partial charge < -0.3 is 14.8 Å². The second-order valence-electron chi connectivity index (χ2n) is 6.98. The molecule has 0 saturated carbocycles. The van der Waals surface area contributed by atoms with Gasteiger partial charge in [-0.2, -0.15) is 0 Å². The summed E-state index contributed by atoms with van der Waals surface area (Å²) in [5.41, 5.74) is 1.22. The zero-order valence-electron chi connectivity index (χ0n) is 13.8. The van der Waals surface area contributed by atoms with Crippen LogP contribution in [0.1, 0.15) is 46.1 Å². The van der Waals surface area contributed by atoms with Crippen molar-refractivity contribution in [1.29, 1.82) is 0 Å². The first-order valence-electron chi connectivity index (χ1n) is 8.05. The highest BCUT2D eigenvalue weighted by Crippen LogP contribution is 2.30. The Kier molecular flexibility index (Phi) is 5.65. The largest absolute Gasteiger partial charge is 0.491 e. The number of ether oxygens (including phenoxy) is 2. The van der Waals surface area contributed by atoms with E-state index in [2.05, 4.69) is 45.1 Å². The van der Waals surface area contributed by atoms with Crippen molar-refractivity contribution < 1.29 is 9.47 Å². The highest BCUT2D eigenvalue weighted by molar-refractivity contribution is 5.33. The summed E-state index contributed by atoms with van der Waals surface area (Å²) in [5, 5.41) is 3.47. The molecular weight excluding hydrogens is 262 g/mol. The van der Waals surface area contributed by atoms with Crippen molar-refractivity contribution in [3.63, 3.8) is 0 Å². The van der Waals surface area contributed by atoms with Gasteiger partial charge >= 0.3 is 0 Å². The molecule has 1 aromatic rings. The van der Waals surface area contributed by atoms with Gasteiger partial charge in [-0.05, 0) is 45.2 Å². The summed E-state index contributed by atoms with van der Waals surface area (Å²) in [6.07, 6.45) is 2.41. The SMILES string of the molecule is CC(C)CNCc1ccccc1OCC1CCC(C)(C)O1. The number of para-hydroxylation sites is 1. The fourth-order valence-electron chi connectivity index (χ4n) is 2.66. The molecule has 1 unspecified atom stereocenters. The number of hydrogen-bond donors (Lipinski definition) is 1. The van der Waals surface area contributed by atoms with Gasteiger partial charge in [0.1, 0.15) is 12.4 Å². The molecule has 118 valence electrons. The third-order valence-corrected chi connectivity index (χ3v) is 3.82. The Morgan fingerprint density at radius 3 is 2.76 bits per heavy atom. The minimum Gasteiger partial charge on any atom is -0.491 e. The van der Waals surface area contributed by atoms with Crippen LogP contribution >= 0.6 is 0 Å². The monoisotopic (exact) mass is 291 g/mol. The summed E-state index contributed by atoms with van der Waals surface area (Å²) in [7, 11) is 0. The summed E-state index contributed by atoms with van der Waals surface area (Å²) >= 11 is 0. The minimum atomic E-state index is 0.00631. The summed E-state index contributed by atoms with van der Waals surface area (Å²) in [6, 6.07) is 8.27. The molecule has 21 heavy (non-hydrogen) atoms. The van der Waals surface area contributed by atoms with E-state index < -0.39 is 0 Å². The second kappa shape index (κ2) is 7.28. The van der Waals surface area contributed by atoms with E-state index in [-0.39, 0.29) is 11.7 Å². The second-order valence-corrected chi connectivity index (χ2v) is 6.98. The Morgan fingerprint density at radius 2 is 2.10 bits per heavy atom. The number of benzene rings is 1. The Hall–Kier alpha value is -1.06. The maximum absolute atomic E-state index is 6.01. The molecule has 0 radical (unpaired) electrons. The van der Waals surface area contributed by atoms with E-state index >= 15 is 0 Å². The van der Waals surface area contributed by atoms with Gasteiger partial charge in [0, 0.05) is 12.1 Å². The Labute approximate surface area is 129 Å². The molecule has 1 fully saturated rings. The Balaban J connectivity index is 1.85. The number of nitrogens with one attached hydrogen (secondary N) is 1. The third kappa shape index (κ3) is 5.33. The molecular formula is C18H29NO2. The van der Waals surface area contributed by atoms with E-state index in [4.69, 9.17) is 9.47 Å². The molecule has 1 N–H and O–H groups in total. The molecule has 1 saturated heterocycles. The van der Waals surface area contributed by atoms with E-state index in [1.54, 1.807) is 0 Å². The van der Waals surface area contributed by atoms with Crippen molar-refractivity contribution in [2.45, 2.75) is 58.8 Å². The van der Waals surface area contributed by atoms with E-state index in [9.17, 15) is 0 Å². The summed E-state index contributed by atoms with van der Waals surface area (Å²) in [4.78, 5) is 0. The molecule has 1 atom stereocenters. The summed E-state index contributed by atoms with van der Waals surface area (Å²) in [6.45, 7) is 11.3. The first-order valence-corrected chi connectivity index (χ1v) is 8.05. The molecule has 1 heterocycles. The van der Waals surface area contributed by atoms with Gasteiger partial charge in [-0.3, -0.25) is 0 Å². The standard InChI is InChI=1S/C18H29NO2/c1-14(2)11-19-12-15-7-5-6-8-17(15)20-13-16-9-10-18(3,4)21-16/h5-8,14,16,19H,9-13H2,1-4H3. The maximum atomic E-state index is 6.01. The number of rotatable bonds is 7. The first-order chi connectivity index (χ1) is 9.96. The van der Waals surface area contributed by atoms with Crippen molar-refractivity contribution in [3.8, 4) is 5.75 Å². The third-order valence-electron chi connectivity index (χ3n) is 3.82. The number of hydrogen-bond acceptors (Lipinski definition) is 3.